The topological polar surface area (TPSA) is 106 Å². The van der Waals surface area contributed by atoms with Crippen molar-refractivity contribution in [2.24, 2.45) is 16.5 Å². The van der Waals surface area contributed by atoms with Gasteiger partial charge < -0.3 is 16.8 Å². The summed E-state index contributed by atoms with van der Waals surface area (Å²) < 4.78 is 36.0. The Kier molecular flexibility index (Phi) is 6.96. The zero-order chi connectivity index (χ0) is 16.6. The van der Waals surface area contributed by atoms with E-state index in [9.17, 15) is 18.0 Å². The van der Waals surface area contributed by atoms with Crippen LogP contribution in [0.5, 0.6) is 0 Å². The number of hydrogen-bond donors (Lipinski definition) is 3. The van der Waals surface area contributed by atoms with Gasteiger partial charge in [-0.15, -0.1) is 11.8 Å². The zero-order valence-corrected chi connectivity index (χ0v) is 12.4. The molecule has 0 unspecified atom stereocenters. The number of aromatic nitrogens is 1. The molecule has 122 valence electrons. The molecule has 10 heteroatoms. The van der Waals surface area contributed by atoms with E-state index in [4.69, 9.17) is 11.5 Å². The fourth-order valence-corrected chi connectivity index (χ4v) is 2.17. The molecule has 5 N–H and O–H groups in total. The highest BCUT2D eigenvalue weighted by molar-refractivity contribution is 7.99. The molecule has 0 aromatic carbocycles. The van der Waals surface area contributed by atoms with Crippen LogP contribution in [0.25, 0.3) is 0 Å². The molecular formula is C12H16F3N5OS. The van der Waals surface area contributed by atoms with E-state index in [0.717, 1.165) is 0 Å². The van der Waals surface area contributed by atoms with Gasteiger partial charge in [-0.05, 0) is 24.3 Å². The molecule has 0 spiro atoms. The average Bonchev–Trinajstić information content (AvgIpc) is 2.41. The molecule has 1 heterocycles. The lowest BCUT2D eigenvalue weighted by Gasteiger charge is -2.07. The summed E-state index contributed by atoms with van der Waals surface area (Å²) in [5.41, 5.74) is 10.4. The third-order valence-corrected chi connectivity index (χ3v) is 3.24. The summed E-state index contributed by atoms with van der Waals surface area (Å²) in [5.74, 6) is 0.221. The van der Waals surface area contributed by atoms with Gasteiger partial charge in [0.1, 0.15) is 12.4 Å². The van der Waals surface area contributed by atoms with Gasteiger partial charge in [-0.2, -0.15) is 13.2 Å². The maximum Gasteiger partial charge on any atom is 0.408 e. The van der Waals surface area contributed by atoms with Crippen LogP contribution in [0, 0.1) is 0 Å². The van der Waals surface area contributed by atoms with Crippen LogP contribution in [0.3, 0.4) is 0 Å². The Morgan fingerprint density at radius 3 is 2.73 bits per heavy atom. The number of carbonyl (C=O) groups excluding carboxylic acids is 1. The van der Waals surface area contributed by atoms with Crippen molar-refractivity contribution in [1.82, 2.24) is 4.98 Å². The van der Waals surface area contributed by atoms with Crippen LogP contribution < -0.4 is 16.8 Å². The molecule has 6 nitrogen and oxygen atoms in total. The smallest absolute Gasteiger partial charge is 0.370 e. The molecule has 0 radical (unpaired) electrons. The van der Waals surface area contributed by atoms with E-state index in [1.54, 1.807) is 18.2 Å². The van der Waals surface area contributed by atoms with E-state index in [-0.39, 0.29) is 11.9 Å². The number of primary amides is 1. The third-order valence-electron chi connectivity index (χ3n) is 2.23. The normalized spacial score (nSPS) is 12.2. The number of pyridine rings is 1. The summed E-state index contributed by atoms with van der Waals surface area (Å²) >= 11 is 1.40. The number of halogens is 3. The van der Waals surface area contributed by atoms with Crippen molar-refractivity contribution in [3.63, 3.8) is 0 Å². The van der Waals surface area contributed by atoms with Gasteiger partial charge in [0.05, 0.1) is 5.03 Å². The van der Waals surface area contributed by atoms with Crippen LogP contribution in [0.15, 0.2) is 28.2 Å². The summed E-state index contributed by atoms with van der Waals surface area (Å²) in [6, 6.07) is 4.98. The number of nitrogens with one attached hydrogen (secondary N) is 1. The maximum absolute atomic E-state index is 12.0. The van der Waals surface area contributed by atoms with E-state index in [2.05, 4.69) is 15.3 Å². The summed E-state index contributed by atoms with van der Waals surface area (Å²) in [4.78, 5) is 17.9. The summed E-state index contributed by atoms with van der Waals surface area (Å²) in [6.07, 6.45) is -3.49. The molecule has 22 heavy (non-hydrogen) atoms. The van der Waals surface area contributed by atoms with Gasteiger partial charge in [0.2, 0.25) is 5.91 Å². The maximum atomic E-state index is 12.0. The number of nitrogens with two attached hydrogens (primary N) is 2. The van der Waals surface area contributed by atoms with Gasteiger partial charge in [-0.25, -0.2) is 9.98 Å². The Labute approximate surface area is 129 Å². The average molecular weight is 335 g/mol. The summed E-state index contributed by atoms with van der Waals surface area (Å²) in [5, 5.41) is 3.14. The van der Waals surface area contributed by atoms with Crippen molar-refractivity contribution < 1.29 is 18.0 Å². The van der Waals surface area contributed by atoms with Crippen molar-refractivity contribution in [2.45, 2.75) is 24.0 Å². The van der Waals surface area contributed by atoms with Crippen LogP contribution in [-0.4, -0.2) is 35.3 Å². The molecule has 0 aliphatic rings. The lowest BCUT2D eigenvalue weighted by molar-refractivity contribution is -0.119. The highest BCUT2D eigenvalue weighted by Gasteiger charge is 2.26. The fourth-order valence-electron chi connectivity index (χ4n) is 1.33. The van der Waals surface area contributed by atoms with Crippen molar-refractivity contribution in [1.29, 1.82) is 0 Å². The molecule has 1 rings (SSSR count). The SMILES string of the molecule is NC(=O)CCCSc1cccc(NC(N)=NCC(F)(F)F)n1. The van der Waals surface area contributed by atoms with Crippen LogP contribution >= 0.6 is 11.8 Å². The predicted molar refractivity (Wildman–Crippen MR) is 79.6 cm³/mol. The Balaban J connectivity index is 2.51. The van der Waals surface area contributed by atoms with Gasteiger partial charge in [0.25, 0.3) is 0 Å². The number of amides is 1. The minimum absolute atomic E-state index is 0.294. The number of hydrogen-bond acceptors (Lipinski definition) is 4. The fraction of sp³-hybridized carbons (Fsp3) is 0.417. The van der Waals surface area contributed by atoms with Crippen LogP contribution in [0.2, 0.25) is 0 Å². The minimum Gasteiger partial charge on any atom is -0.370 e. The summed E-state index contributed by atoms with van der Waals surface area (Å²) in [7, 11) is 0. The third kappa shape index (κ3) is 8.35. The Morgan fingerprint density at radius 1 is 1.36 bits per heavy atom. The number of rotatable bonds is 7. The highest BCUT2D eigenvalue weighted by Crippen LogP contribution is 2.19. The molecule has 0 aliphatic carbocycles. The van der Waals surface area contributed by atoms with E-state index >= 15 is 0 Å². The first-order valence-corrected chi connectivity index (χ1v) is 7.26. The minimum atomic E-state index is -4.40. The Morgan fingerprint density at radius 2 is 2.09 bits per heavy atom. The molecular weight excluding hydrogens is 319 g/mol. The lowest BCUT2D eigenvalue weighted by atomic mass is 10.3. The number of carbonyl (C=O) groups is 1. The van der Waals surface area contributed by atoms with Crippen molar-refractivity contribution in [3.05, 3.63) is 18.2 Å². The quantitative estimate of drug-likeness (QED) is 0.304. The summed E-state index contributed by atoms with van der Waals surface area (Å²) in [6.45, 7) is -1.35. The molecule has 0 saturated heterocycles. The lowest BCUT2D eigenvalue weighted by Crippen LogP contribution is -2.26. The van der Waals surface area contributed by atoms with Gasteiger partial charge in [-0.1, -0.05) is 6.07 Å². The number of thioether (sulfide) groups is 1. The van der Waals surface area contributed by atoms with Gasteiger partial charge in [-0.3, -0.25) is 4.79 Å². The second-order valence-corrected chi connectivity index (χ2v) is 5.34. The van der Waals surface area contributed by atoms with Crippen molar-refractivity contribution >= 4 is 29.4 Å². The molecule has 1 aromatic heterocycles. The Hall–Kier alpha value is -1.97. The first-order valence-electron chi connectivity index (χ1n) is 6.28. The van der Waals surface area contributed by atoms with E-state index < -0.39 is 12.7 Å². The standard InChI is InChI=1S/C12H16F3N5OS/c13-12(14,15)7-18-11(17)20-9-4-1-5-10(19-9)22-6-2-3-8(16)21/h1,4-5H,2-3,6-7H2,(H2,16,21)(H3,17,18,19,20). The van der Waals surface area contributed by atoms with E-state index in [1.807, 2.05) is 0 Å². The largest absolute Gasteiger partial charge is 0.408 e. The van der Waals surface area contributed by atoms with Gasteiger partial charge >= 0.3 is 6.18 Å². The number of anilines is 1. The second kappa shape index (κ2) is 8.47. The molecule has 0 atom stereocenters. The molecule has 0 aliphatic heterocycles. The molecule has 0 saturated carbocycles. The van der Waals surface area contributed by atoms with Crippen LogP contribution in [-0.2, 0) is 4.79 Å². The number of alkyl halides is 3. The Bertz CT molecular complexity index is 536. The second-order valence-electron chi connectivity index (χ2n) is 4.22. The monoisotopic (exact) mass is 335 g/mol. The van der Waals surface area contributed by atoms with Gasteiger partial charge in [0, 0.05) is 6.42 Å². The number of nitrogens with zero attached hydrogens (tertiary/aromatic N) is 2. The molecule has 0 bridgehead atoms. The predicted octanol–water partition coefficient (Wildman–Crippen LogP) is 1.73. The van der Waals surface area contributed by atoms with E-state index in [0.29, 0.717) is 29.4 Å². The van der Waals surface area contributed by atoms with E-state index in [1.165, 1.54) is 11.8 Å². The zero-order valence-electron chi connectivity index (χ0n) is 11.6. The molecule has 0 fully saturated rings. The first-order chi connectivity index (χ1) is 10.3. The molecule has 1 aromatic rings. The first kappa shape index (κ1) is 18.1. The number of aliphatic imine (C=N–C) groups is 1. The van der Waals surface area contributed by atoms with Crippen LogP contribution in [0.1, 0.15) is 12.8 Å². The van der Waals surface area contributed by atoms with Gasteiger partial charge in [0.15, 0.2) is 5.96 Å². The number of guanidine groups is 1. The van der Waals surface area contributed by atoms with Crippen molar-refractivity contribution in [3.8, 4) is 0 Å². The molecule has 1 amide bonds. The van der Waals surface area contributed by atoms with Crippen molar-refractivity contribution in [2.75, 3.05) is 17.6 Å². The highest BCUT2D eigenvalue weighted by atomic mass is 32.2. The van der Waals surface area contributed by atoms with Crippen LogP contribution in [0.4, 0.5) is 19.0 Å².